The average molecular weight is 266 g/mol. The zero-order chi connectivity index (χ0) is 13.8. The number of carbonyl (C=O) groups is 1. The number of nitrogens with zero attached hydrogens (tertiary/aromatic N) is 1. The highest BCUT2D eigenvalue weighted by Crippen LogP contribution is 2.19. The monoisotopic (exact) mass is 266 g/mol. The molecule has 7 nitrogen and oxygen atoms in total. The van der Waals surface area contributed by atoms with Crippen LogP contribution in [0.1, 0.15) is 12.8 Å². The number of aliphatic hydroxyl groups is 1. The van der Waals surface area contributed by atoms with Crippen LogP contribution in [0.15, 0.2) is 24.3 Å². The Bertz CT molecular complexity index is 468. The maximum atomic E-state index is 11.5. The van der Waals surface area contributed by atoms with Gasteiger partial charge in [-0.2, -0.15) is 0 Å². The largest absolute Gasteiger partial charge is 0.484 e. The van der Waals surface area contributed by atoms with Crippen molar-refractivity contribution in [3.63, 3.8) is 0 Å². The quantitative estimate of drug-likeness (QED) is 0.600. The molecule has 1 aliphatic rings. The molecule has 0 spiro atoms. The molecular weight excluding hydrogens is 252 g/mol. The predicted octanol–water partition coefficient (Wildman–Crippen LogP) is 0.613. The minimum absolute atomic E-state index is 0.0166. The molecule has 0 saturated heterocycles. The van der Waals surface area contributed by atoms with Crippen molar-refractivity contribution in [2.24, 2.45) is 0 Å². The highest BCUT2D eigenvalue weighted by molar-refractivity contribution is 5.78. The third-order valence-corrected chi connectivity index (χ3v) is 2.90. The maximum Gasteiger partial charge on any atom is 0.269 e. The van der Waals surface area contributed by atoms with E-state index >= 15 is 0 Å². The van der Waals surface area contributed by atoms with Crippen LogP contribution >= 0.6 is 0 Å². The van der Waals surface area contributed by atoms with Crippen LogP contribution in [0.4, 0.5) is 5.69 Å². The van der Waals surface area contributed by atoms with E-state index in [-0.39, 0.29) is 30.3 Å². The Kier molecular flexibility index (Phi) is 3.96. The third-order valence-electron chi connectivity index (χ3n) is 2.90. The van der Waals surface area contributed by atoms with Crippen LogP contribution in [0.3, 0.4) is 0 Å². The molecule has 1 fully saturated rings. The zero-order valence-corrected chi connectivity index (χ0v) is 10.1. The van der Waals surface area contributed by atoms with E-state index in [2.05, 4.69) is 5.32 Å². The Morgan fingerprint density at radius 3 is 2.58 bits per heavy atom. The summed E-state index contributed by atoms with van der Waals surface area (Å²) in [6.07, 6.45) is 0.827. The lowest BCUT2D eigenvalue weighted by Crippen LogP contribution is -2.48. The molecule has 102 valence electrons. The first kappa shape index (κ1) is 13.3. The SMILES string of the molecule is O=C(COc1ccc([N+](=O)[O-])cc1)NC1CC(O)C1. The van der Waals surface area contributed by atoms with E-state index in [1.165, 1.54) is 24.3 Å². The number of carbonyl (C=O) groups excluding carboxylic acids is 1. The molecule has 0 atom stereocenters. The third kappa shape index (κ3) is 3.65. The van der Waals surface area contributed by atoms with Gasteiger partial charge in [-0.15, -0.1) is 0 Å². The van der Waals surface area contributed by atoms with Crippen molar-refractivity contribution in [2.45, 2.75) is 25.0 Å². The van der Waals surface area contributed by atoms with Gasteiger partial charge < -0.3 is 15.2 Å². The fourth-order valence-electron chi connectivity index (χ4n) is 1.79. The molecule has 2 N–H and O–H groups in total. The summed E-state index contributed by atoms with van der Waals surface area (Å²) in [5.41, 5.74) is -0.0275. The van der Waals surface area contributed by atoms with Crippen molar-refractivity contribution in [1.29, 1.82) is 0 Å². The molecule has 0 aliphatic heterocycles. The Balaban J connectivity index is 1.75. The lowest BCUT2D eigenvalue weighted by atomic mass is 9.89. The van der Waals surface area contributed by atoms with Gasteiger partial charge in [0.15, 0.2) is 6.61 Å². The normalized spacial score (nSPS) is 21.3. The average Bonchev–Trinajstić information content (AvgIpc) is 2.35. The molecule has 1 amide bonds. The van der Waals surface area contributed by atoms with Gasteiger partial charge in [-0.25, -0.2) is 0 Å². The minimum atomic E-state index is -0.502. The summed E-state index contributed by atoms with van der Waals surface area (Å²) in [5, 5.41) is 22.2. The van der Waals surface area contributed by atoms with Crippen molar-refractivity contribution >= 4 is 11.6 Å². The van der Waals surface area contributed by atoms with Crippen LogP contribution in [-0.4, -0.2) is 34.7 Å². The number of benzene rings is 1. The summed E-state index contributed by atoms with van der Waals surface area (Å²) in [4.78, 5) is 21.4. The predicted molar refractivity (Wildman–Crippen MR) is 65.8 cm³/mol. The number of nitro benzene ring substituents is 1. The molecule has 2 rings (SSSR count). The summed E-state index contributed by atoms with van der Waals surface area (Å²) in [5.74, 6) is 0.129. The van der Waals surface area contributed by atoms with E-state index in [1.807, 2.05) is 0 Å². The Labute approximate surface area is 109 Å². The number of rotatable bonds is 5. The Morgan fingerprint density at radius 2 is 2.05 bits per heavy atom. The fourth-order valence-corrected chi connectivity index (χ4v) is 1.79. The van der Waals surface area contributed by atoms with Crippen LogP contribution in [0.5, 0.6) is 5.75 Å². The number of non-ortho nitro benzene ring substituents is 1. The van der Waals surface area contributed by atoms with Crippen molar-refractivity contribution in [3.8, 4) is 5.75 Å². The maximum absolute atomic E-state index is 11.5. The van der Waals surface area contributed by atoms with Crippen LogP contribution < -0.4 is 10.1 Å². The van der Waals surface area contributed by atoms with Gasteiger partial charge in [0.05, 0.1) is 11.0 Å². The van der Waals surface area contributed by atoms with Gasteiger partial charge in [-0.05, 0) is 25.0 Å². The van der Waals surface area contributed by atoms with Crippen LogP contribution in [0.2, 0.25) is 0 Å². The molecule has 1 aliphatic carbocycles. The molecule has 1 saturated carbocycles. The van der Waals surface area contributed by atoms with Gasteiger partial charge in [-0.1, -0.05) is 0 Å². The molecule has 0 heterocycles. The van der Waals surface area contributed by atoms with E-state index in [9.17, 15) is 14.9 Å². The van der Waals surface area contributed by atoms with Crippen molar-refractivity contribution < 1.29 is 19.6 Å². The summed E-state index contributed by atoms with van der Waals surface area (Å²) in [6, 6.07) is 5.53. The molecule has 7 heteroatoms. The molecular formula is C12H14N2O5. The summed E-state index contributed by atoms with van der Waals surface area (Å²) in [7, 11) is 0. The Hall–Kier alpha value is -2.15. The van der Waals surface area contributed by atoms with Gasteiger partial charge in [0, 0.05) is 18.2 Å². The van der Waals surface area contributed by atoms with E-state index in [0.29, 0.717) is 18.6 Å². The second-order valence-electron chi connectivity index (χ2n) is 4.43. The van der Waals surface area contributed by atoms with Gasteiger partial charge in [0.25, 0.3) is 11.6 Å². The van der Waals surface area contributed by atoms with Gasteiger partial charge >= 0.3 is 0 Å². The van der Waals surface area contributed by atoms with Crippen molar-refractivity contribution in [3.05, 3.63) is 34.4 Å². The Morgan fingerprint density at radius 1 is 1.42 bits per heavy atom. The molecule has 19 heavy (non-hydrogen) atoms. The van der Waals surface area contributed by atoms with Crippen LogP contribution in [0, 0.1) is 10.1 Å². The molecule has 0 bridgehead atoms. The standard InChI is InChI=1S/C12H14N2O5/c15-10-5-8(6-10)13-12(16)7-19-11-3-1-9(2-4-11)14(17)18/h1-4,8,10,15H,5-7H2,(H,13,16). The topological polar surface area (TPSA) is 102 Å². The van der Waals surface area contributed by atoms with Gasteiger partial charge in [-0.3, -0.25) is 14.9 Å². The summed E-state index contributed by atoms with van der Waals surface area (Å²) < 4.78 is 5.20. The number of ether oxygens (including phenoxy) is 1. The fraction of sp³-hybridized carbons (Fsp3) is 0.417. The lowest BCUT2D eigenvalue weighted by molar-refractivity contribution is -0.384. The lowest BCUT2D eigenvalue weighted by Gasteiger charge is -2.31. The molecule has 0 radical (unpaired) electrons. The second-order valence-corrected chi connectivity index (χ2v) is 4.43. The van der Waals surface area contributed by atoms with Crippen molar-refractivity contribution in [1.82, 2.24) is 5.32 Å². The first-order chi connectivity index (χ1) is 9.04. The van der Waals surface area contributed by atoms with Crippen LogP contribution in [-0.2, 0) is 4.79 Å². The first-order valence-electron chi connectivity index (χ1n) is 5.89. The highest BCUT2D eigenvalue weighted by atomic mass is 16.6. The minimum Gasteiger partial charge on any atom is -0.484 e. The molecule has 1 aromatic carbocycles. The van der Waals surface area contributed by atoms with E-state index in [1.54, 1.807) is 0 Å². The first-order valence-corrected chi connectivity index (χ1v) is 5.89. The van der Waals surface area contributed by atoms with E-state index in [4.69, 9.17) is 9.84 Å². The van der Waals surface area contributed by atoms with Crippen molar-refractivity contribution in [2.75, 3.05) is 6.61 Å². The van der Waals surface area contributed by atoms with Crippen LogP contribution in [0.25, 0.3) is 0 Å². The number of aliphatic hydroxyl groups excluding tert-OH is 1. The zero-order valence-electron chi connectivity index (χ0n) is 10.1. The van der Waals surface area contributed by atoms with E-state index < -0.39 is 4.92 Å². The summed E-state index contributed by atoms with van der Waals surface area (Å²) >= 11 is 0. The van der Waals surface area contributed by atoms with E-state index in [0.717, 1.165) is 0 Å². The molecule has 0 aromatic heterocycles. The second kappa shape index (κ2) is 5.66. The van der Waals surface area contributed by atoms with Gasteiger partial charge in [0.2, 0.25) is 0 Å². The number of nitrogens with one attached hydrogen (secondary N) is 1. The number of amides is 1. The smallest absolute Gasteiger partial charge is 0.269 e. The molecule has 1 aromatic rings. The summed E-state index contributed by atoms with van der Waals surface area (Å²) in [6.45, 7) is -0.148. The van der Waals surface area contributed by atoms with Gasteiger partial charge in [0.1, 0.15) is 5.75 Å². The highest BCUT2D eigenvalue weighted by Gasteiger charge is 2.28. The number of nitro groups is 1. The molecule has 0 unspecified atom stereocenters. The number of hydrogen-bond acceptors (Lipinski definition) is 5. The number of hydrogen-bond donors (Lipinski definition) is 2.